The van der Waals surface area contributed by atoms with Crippen LogP contribution in [0.3, 0.4) is 0 Å². The Morgan fingerprint density at radius 1 is 1.11 bits per heavy atom. The molecule has 0 atom stereocenters. The molecule has 2 rings (SSSR count). The molecule has 27 heavy (non-hydrogen) atoms. The van der Waals surface area contributed by atoms with Gasteiger partial charge in [0, 0.05) is 12.2 Å². The number of hydrogen-bond donors (Lipinski definition) is 2. The first-order chi connectivity index (χ1) is 12.8. The predicted octanol–water partition coefficient (Wildman–Crippen LogP) is 4.62. The van der Waals surface area contributed by atoms with Crippen molar-refractivity contribution in [3.63, 3.8) is 0 Å². The maximum atomic E-state index is 12.7. The number of aryl methyl sites for hydroxylation is 1. The third-order valence-electron chi connectivity index (χ3n) is 4.47. The highest BCUT2D eigenvalue weighted by molar-refractivity contribution is 7.92. The Morgan fingerprint density at radius 2 is 1.81 bits per heavy atom. The molecule has 0 aliphatic carbocycles. The predicted molar refractivity (Wildman–Crippen MR) is 110 cm³/mol. The molecule has 0 spiro atoms. The molecular weight excluding hydrogens is 384 g/mol. The third kappa shape index (κ3) is 5.71. The van der Waals surface area contributed by atoms with Crippen LogP contribution in [-0.4, -0.2) is 20.9 Å². The summed E-state index contributed by atoms with van der Waals surface area (Å²) in [5, 5.41) is 3.05. The van der Waals surface area contributed by atoms with Crippen LogP contribution in [-0.2, 0) is 10.0 Å². The molecule has 0 bridgehead atoms. The van der Waals surface area contributed by atoms with E-state index in [0.717, 1.165) is 18.4 Å². The van der Waals surface area contributed by atoms with Crippen molar-refractivity contribution in [2.45, 2.75) is 38.5 Å². The number of halogens is 1. The largest absolute Gasteiger partial charge is 0.352 e. The summed E-state index contributed by atoms with van der Waals surface area (Å²) in [6.45, 7) is 6.54. The molecular formula is C20H25ClN2O3S. The Bertz CT molecular complexity index is 909. The number of benzene rings is 2. The van der Waals surface area contributed by atoms with Gasteiger partial charge in [-0.25, -0.2) is 8.42 Å². The van der Waals surface area contributed by atoms with Crippen molar-refractivity contribution in [3.05, 3.63) is 58.6 Å². The summed E-state index contributed by atoms with van der Waals surface area (Å²) in [4.78, 5) is 12.5. The van der Waals surface area contributed by atoms with Crippen molar-refractivity contribution in [1.82, 2.24) is 5.32 Å². The fourth-order valence-corrected chi connectivity index (χ4v) is 3.96. The first-order valence-corrected chi connectivity index (χ1v) is 10.8. The summed E-state index contributed by atoms with van der Waals surface area (Å²) in [5.74, 6) is 0.00198. The molecule has 0 unspecified atom stereocenters. The summed E-state index contributed by atoms with van der Waals surface area (Å²) in [7, 11) is -3.83. The summed E-state index contributed by atoms with van der Waals surface area (Å²) in [6.07, 6.45) is 1.92. The number of rotatable bonds is 8. The molecule has 0 radical (unpaired) electrons. The molecule has 0 aromatic heterocycles. The molecule has 2 aromatic carbocycles. The van der Waals surface area contributed by atoms with Crippen LogP contribution in [0.25, 0.3) is 0 Å². The van der Waals surface area contributed by atoms with Gasteiger partial charge in [0.15, 0.2) is 0 Å². The second-order valence-electron chi connectivity index (χ2n) is 6.51. The molecule has 2 aromatic rings. The van der Waals surface area contributed by atoms with Crippen molar-refractivity contribution in [2.75, 3.05) is 11.3 Å². The first kappa shape index (κ1) is 21.3. The van der Waals surface area contributed by atoms with E-state index in [9.17, 15) is 13.2 Å². The van der Waals surface area contributed by atoms with E-state index in [1.807, 2.05) is 13.0 Å². The van der Waals surface area contributed by atoms with Crippen LogP contribution >= 0.6 is 11.6 Å². The monoisotopic (exact) mass is 408 g/mol. The molecule has 7 heteroatoms. The van der Waals surface area contributed by atoms with E-state index >= 15 is 0 Å². The smallest absolute Gasteiger partial charge is 0.261 e. The maximum absolute atomic E-state index is 12.7. The number of nitrogens with one attached hydrogen (secondary N) is 2. The number of carbonyl (C=O) groups excluding carboxylic acids is 1. The van der Waals surface area contributed by atoms with E-state index < -0.39 is 10.0 Å². The van der Waals surface area contributed by atoms with Crippen molar-refractivity contribution >= 4 is 33.2 Å². The standard InChI is InChI=1S/C20H25ClN2O3S/c1-4-15(5-2)13-22-20(24)18-12-17(9-10-19(18)21)27(25,26)23-16-8-6-7-14(3)11-16/h6-12,15,23H,4-5,13H2,1-3H3,(H,22,24). The van der Waals surface area contributed by atoms with Crippen LogP contribution in [0.1, 0.15) is 42.6 Å². The fourth-order valence-electron chi connectivity index (χ4n) is 2.68. The van der Waals surface area contributed by atoms with E-state index in [1.54, 1.807) is 18.2 Å². The van der Waals surface area contributed by atoms with Gasteiger partial charge in [-0.15, -0.1) is 0 Å². The van der Waals surface area contributed by atoms with Gasteiger partial charge >= 0.3 is 0 Å². The van der Waals surface area contributed by atoms with Gasteiger partial charge in [0.2, 0.25) is 0 Å². The number of amides is 1. The van der Waals surface area contributed by atoms with Gasteiger partial charge in [-0.3, -0.25) is 9.52 Å². The Labute approximate surface area is 166 Å². The van der Waals surface area contributed by atoms with Crippen LogP contribution in [0.4, 0.5) is 5.69 Å². The van der Waals surface area contributed by atoms with Gasteiger partial charge in [-0.2, -0.15) is 0 Å². The zero-order chi connectivity index (χ0) is 20.0. The van der Waals surface area contributed by atoms with Crippen molar-refractivity contribution in [3.8, 4) is 0 Å². The molecule has 0 aliphatic rings. The number of sulfonamides is 1. The fraction of sp³-hybridized carbons (Fsp3) is 0.350. The molecule has 0 saturated carbocycles. The van der Waals surface area contributed by atoms with E-state index in [-0.39, 0.29) is 21.4 Å². The van der Waals surface area contributed by atoms with E-state index in [2.05, 4.69) is 23.9 Å². The lowest BCUT2D eigenvalue weighted by atomic mass is 10.0. The van der Waals surface area contributed by atoms with Gasteiger partial charge in [0.1, 0.15) is 0 Å². The Kier molecular flexibility index (Phi) is 7.27. The van der Waals surface area contributed by atoms with Crippen LogP contribution in [0.2, 0.25) is 5.02 Å². The topological polar surface area (TPSA) is 75.3 Å². The Balaban J connectivity index is 2.23. The second-order valence-corrected chi connectivity index (χ2v) is 8.60. The van der Waals surface area contributed by atoms with E-state index in [0.29, 0.717) is 18.2 Å². The van der Waals surface area contributed by atoms with Gasteiger partial charge in [-0.05, 0) is 48.7 Å². The molecule has 2 N–H and O–H groups in total. The normalized spacial score (nSPS) is 11.4. The van der Waals surface area contributed by atoms with Gasteiger partial charge in [-0.1, -0.05) is 50.4 Å². The highest BCUT2D eigenvalue weighted by Gasteiger charge is 2.19. The number of anilines is 1. The molecule has 0 heterocycles. The van der Waals surface area contributed by atoms with Crippen LogP contribution in [0.15, 0.2) is 47.4 Å². The minimum atomic E-state index is -3.83. The maximum Gasteiger partial charge on any atom is 0.261 e. The molecule has 1 amide bonds. The Hall–Kier alpha value is -2.05. The van der Waals surface area contributed by atoms with Crippen molar-refractivity contribution in [2.24, 2.45) is 5.92 Å². The summed E-state index contributed by atoms with van der Waals surface area (Å²) in [6, 6.07) is 11.2. The third-order valence-corrected chi connectivity index (χ3v) is 6.18. The lowest BCUT2D eigenvalue weighted by Gasteiger charge is -2.14. The van der Waals surface area contributed by atoms with E-state index in [4.69, 9.17) is 11.6 Å². The molecule has 5 nitrogen and oxygen atoms in total. The number of hydrogen-bond acceptors (Lipinski definition) is 3. The SMILES string of the molecule is CCC(CC)CNC(=O)c1cc(S(=O)(=O)Nc2cccc(C)c2)ccc1Cl. The lowest BCUT2D eigenvalue weighted by Crippen LogP contribution is -2.29. The highest BCUT2D eigenvalue weighted by Crippen LogP contribution is 2.23. The highest BCUT2D eigenvalue weighted by atomic mass is 35.5. The minimum absolute atomic E-state index is 0.0129. The Morgan fingerprint density at radius 3 is 2.44 bits per heavy atom. The molecule has 0 saturated heterocycles. The summed E-state index contributed by atoms with van der Waals surface area (Å²) in [5.41, 5.74) is 1.55. The first-order valence-electron chi connectivity index (χ1n) is 8.94. The van der Waals surface area contributed by atoms with Crippen LogP contribution < -0.4 is 10.0 Å². The van der Waals surface area contributed by atoms with Crippen LogP contribution in [0.5, 0.6) is 0 Å². The zero-order valence-corrected chi connectivity index (χ0v) is 17.3. The quantitative estimate of drug-likeness (QED) is 0.669. The van der Waals surface area contributed by atoms with Gasteiger partial charge in [0.25, 0.3) is 15.9 Å². The van der Waals surface area contributed by atoms with Crippen LogP contribution in [0, 0.1) is 12.8 Å². The number of carbonyl (C=O) groups is 1. The van der Waals surface area contributed by atoms with Gasteiger partial charge in [0.05, 0.1) is 15.5 Å². The van der Waals surface area contributed by atoms with Gasteiger partial charge < -0.3 is 5.32 Å². The minimum Gasteiger partial charge on any atom is -0.352 e. The summed E-state index contributed by atoms with van der Waals surface area (Å²) >= 11 is 6.13. The van der Waals surface area contributed by atoms with Crippen molar-refractivity contribution in [1.29, 1.82) is 0 Å². The summed E-state index contributed by atoms with van der Waals surface area (Å²) < 4.78 is 27.9. The molecule has 0 aliphatic heterocycles. The molecule has 146 valence electrons. The molecule has 0 fully saturated rings. The average molecular weight is 409 g/mol. The lowest BCUT2D eigenvalue weighted by molar-refractivity contribution is 0.0946. The second kappa shape index (κ2) is 9.24. The average Bonchev–Trinajstić information content (AvgIpc) is 2.62. The zero-order valence-electron chi connectivity index (χ0n) is 15.8. The van der Waals surface area contributed by atoms with E-state index in [1.165, 1.54) is 18.2 Å². The van der Waals surface area contributed by atoms with Crippen molar-refractivity contribution < 1.29 is 13.2 Å².